The average Bonchev–Trinajstić information content (AvgIpc) is 2.82. The summed E-state index contributed by atoms with van der Waals surface area (Å²) in [7, 11) is -2.22. The normalized spacial score (nSPS) is 11.6. The van der Waals surface area contributed by atoms with Crippen LogP contribution in [0.1, 0.15) is 28.4 Å². The maximum Gasteiger partial charge on any atom is 0.421 e. The van der Waals surface area contributed by atoms with Crippen molar-refractivity contribution in [1.29, 1.82) is 0 Å². The van der Waals surface area contributed by atoms with Crippen molar-refractivity contribution >= 4 is 39.1 Å². The van der Waals surface area contributed by atoms with Crippen LogP contribution in [0.2, 0.25) is 0 Å². The number of benzene rings is 2. The van der Waals surface area contributed by atoms with Gasteiger partial charge in [-0.2, -0.15) is 18.2 Å². The summed E-state index contributed by atoms with van der Waals surface area (Å²) >= 11 is 0. The number of anilines is 4. The van der Waals surface area contributed by atoms with E-state index in [-0.39, 0.29) is 18.4 Å². The maximum absolute atomic E-state index is 13.6. The molecule has 9 nitrogen and oxygen atoms in total. The van der Waals surface area contributed by atoms with Gasteiger partial charge in [0, 0.05) is 37.6 Å². The molecule has 0 radical (unpaired) electrons. The lowest BCUT2D eigenvalue weighted by atomic mass is 10.1. The van der Waals surface area contributed by atoms with E-state index in [1.54, 1.807) is 55.5 Å². The van der Waals surface area contributed by atoms with E-state index < -0.39 is 27.6 Å². The highest BCUT2D eigenvalue weighted by atomic mass is 32.2. The molecule has 0 aliphatic heterocycles. The van der Waals surface area contributed by atoms with E-state index in [0.717, 1.165) is 10.6 Å². The fraction of sp³-hybridized carbons (Fsp3) is 0.261. The highest BCUT2D eigenvalue weighted by Crippen LogP contribution is 2.34. The largest absolute Gasteiger partial charge is 0.421 e. The molecule has 0 spiro atoms. The summed E-state index contributed by atoms with van der Waals surface area (Å²) in [6.07, 6.45) is -3.03. The minimum Gasteiger partial charge on any atom is -0.365 e. The molecule has 13 heteroatoms. The lowest BCUT2D eigenvalue weighted by Crippen LogP contribution is -2.26. The summed E-state index contributed by atoms with van der Waals surface area (Å²) in [4.78, 5) is 19.7. The molecule has 0 atom stereocenters. The Kier molecular flexibility index (Phi) is 8.03. The maximum atomic E-state index is 13.6. The zero-order valence-corrected chi connectivity index (χ0v) is 20.5. The third kappa shape index (κ3) is 6.62. The second-order valence-corrected chi connectivity index (χ2v) is 9.74. The van der Waals surface area contributed by atoms with Crippen LogP contribution in [0.4, 0.5) is 36.3 Å². The number of nitrogens with zero attached hydrogens (tertiary/aromatic N) is 3. The van der Waals surface area contributed by atoms with E-state index in [1.165, 1.54) is 7.05 Å². The van der Waals surface area contributed by atoms with Crippen molar-refractivity contribution in [3.8, 4) is 0 Å². The van der Waals surface area contributed by atoms with Gasteiger partial charge in [-0.05, 0) is 42.8 Å². The van der Waals surface area contributed by atoms with Gasteiger partial charge >= 0.3 is 6.18 Å². The SMILES string of the molecule is CCNC(=O)c1ccc(Nc2ncc(C(F)(F)F)c(NCc3ccccc3N(C)S(C)(=O)=O)n2)cc1. The Morgan fingerprint density at radius 1 is 1.08 bits per heavy atom. The van der Waals surface area contributed by atoms with Crippen LogP contribution in [0, 0.1) is 0 Å². The van der Waals surface area contributed by atoms with Gasteiger partial charge in [-0.3, -0.25) is 9.10 Å². The minimum absolute atomic E-state index is 0.0993. The first-order valence-electron chi connectivity index (χ1n) is 10.8. The molecule has 192 valence electrons. The van der Waals surface area contributed by atoms with Gasteiger partial charge in [0.15, 0.2) is 0 Å². The first kappa shape index (κ1) is 26.7. The number of alkyl halides is 3. The van der Waals surface area contributed by atoms with E-state index in [2.05, 4.69) is 25.9 Å². The van der Waals surface area contributed by atoms with Crippen molar-refractivity contribution in [1.82, 2.24) is 15.3 Å². The van der Waals surface area contributed by atoms with Crippen LogP contribution in [0.25, 0.3) is 0 Å². The second-order valence-electron chi connectivity index (χ2n) is 7.73. The van der Waals surface area contributed by atoms with Gasteiger partial charge in [-0.15, -0.1) is 0 Å². The summed E-state index contributed by atoms with van der Waals surface area (Å²) in [6, 6.07) is 12.7. The number of carbonyl (C=O) groups excluding carboxylic acids is 1. The number of aromatic nitrogens is 2. The van der Waals surface area contributed by atoms with E-state index in [1.807, 2.05) is 0 Å². The van der Waals surface area contributed by atoms with Gasteiger partial charge in [0.25, 0.3) is 5.91 Å². The summed E-state index contributed by atoms with van der Waals surface area (Å²) in [5, 5.41) is 8.15. The van der Waals surface area contributed by atoms with Crippen LogP contribution in [0.15, 0.2) is 54.7 Å². The monoisotopic (exact) mass is 522 g/mol. The average molecular weight is 523 g/mol. The van der Waals surface area contributed by atoms with Gasteiger partial charge < -0.3 is 16.0 Å². The van der Waals surface area contributed by atoms with Crippen LogP contribution in [0.3, 0.4) is 0 Å². The summed E-state index contributed by atoms with van der Waals surface area (Å²) in [5.41, 5.74) is 0.589. The van der Waals surface area contributed by atoms with Crippen molar-refractivity contribution in [2.75, 3.05) is 34.8 Å². The minimum atomic E-state index is -4.72. The Hall–Kier alpha value is -3.87. The Bertz CT molecular complexity index is 1330. The number of hydrogen-bond donors (Lipinski definition) is 3. The highest BCUT2D eigenvalue weighted by molar-refractivity contribution is 7.92. The van der Waals surface area contributed by atoms with Crippen molar-refractivity contribution in [2.24, 2.45) is 0 Å². The molecular weight excluding hydrogens is 497 g/mol. The number of hydrogen-bond acceptors (Lipinski definition) is 7. The molecule has 0 bridgehead atoms. The summed E-state index contributed by atoms with van der Waals surface area (Å²) in [5.74, 6) is -0.823. The molecule has 3 N–H and O–H groups in total. The quantitative estimate of drug-likeness (QED) is 0.389. The highest BCUT2D eigenvalue weighted by Gasteiger charge is 2.35. The third-order valence-electron chi connectivity index (χ3n) is 5.11. The van der Waals surface area contributed by atoms with Crippen LogP contribution in [0.5, 0.6) is 0 Å². The molecule has 0 fully saturated rings. The zero-order valence-electron chi connectivity index (χ0n) is 19.7. The Morgan fingerprint density at radius 3 is 2.36 bits per heavy atom. The molecule has 0 saturated carbocycles. The topological polar surface area (TPSA) is 116 Å². The molecule has 0 aliphatic carbocycles. The predicted octanol–water partition coefficient (Wildman–Crippen LogP) is 4.00. The second kappa shape index (κ2) is 10.8. The Morgan fingerprint density at radius 2 is 1.75 bits per heavy atom. The van der Waals surface area contributed by atoms with Crippen LogP contribution in [-0.2, 0) is 22.7 Å². The fourth-order valence-electron chi connectivity index (χ4n) is 3.21. The molecule has 0 aliphatic rings. The molecule has 1 aromatic heterocycles. The van der Waals surface area contributed by atoms with Crippen molar-refractivity contribution in [2.45, 2.75) is 19.6 Å². The van der Waals surface area contributed by atoms with Crippen molar-refractivity contribution in [3.05, 3.63) is 71.4 Å². The number of halogens is 3. The van der Waals surface area contributed by atoms with E-state index >= 15 is 0 Å². The molecule has 0 unspecified atom stereocenters. The molecule has 1 amide bonds. The molecule has 3 aromatic rings. The number of carbonyl (C=O) groups is 1. The van der Waals surface area contributed by atoms with Crippen LogP contribution in [-0.4, -0.2) is 44.1 Å². The van der Waals surface area contributed by atoms with Crippen molar-refractivity contribution < 1.29 is 26.4 Å². The molecule has 0 saturated heterocycles. The predicted molar refractivity (Wildman–Crippen MR) is 132 cm³/mol. The van der Waals surface area contributed by atoms with Crippen LogP contribution >= 0.6 is 0 Å². The van der Waals surface area contributed by atoms with Crippen LogP contribution < -0.4 is 20.3 Å². The summed E-state index contributed by atoms with van der Waals surface area (Å²) < 4.78 is 65.8. The Labute approximate surface area is 206 Å². The van der Waals surface area contributed by atoms with Gasteiger partial charge in [0.05, 0.1) is 11.9 Å². The standard InChI is InChI=1S/C23H25F3N6O3S/c1-4-27-21(33)15-9-11-17(12-10-15)30-22-29-14-18(23(24,25)26)20(31-22)28-13-16-7-5-6-8-19(16)32(2)36(3,34)35/h5-12,14H,4,13H2,1-3H3,(H,27,33)(H2,28,29,30,31). The van der Waals surface area contributed by atoms with E-state index in [0.29, 0.717) is 35.2 Å². The van der Waals surface area contributed by atoms with E-state index in [4.69, 9.17) is 0 Å². The smallest absolute Gasteiger partial charge is 0.365 e. The fourth-order valence-corrected chi connectivity index (χ4v) is 3.74. The van der Waals surface area contributed by atoms with Crippen molar-refractivity contribution in [3.63, 3.8) is 0 Å². The molecule has 2 aromatic carbocycles. The number of amides is 1. The van der Waals surface area contributed by atoms with Gasteiger partial charge in [-0.25, -0.2) is 13.4 Å². The zero-order chi connectivity index (χ0) is 26.5. The lowest BCUT2D eigenvalue weighted by Gasteiger charge is -2.21. The Balaban J connectivity index is 1.86. The first-order valence-corrected chi connectivity index (χ1v) is 12.6. The third-order valence-corrected chi connectivity index (χ3v) is 6.30. The molecular formula is C23H25F3N6O3S. The number of para-hydroxylation sites is 1. The molecule has 1 heterocycles. The number of rotatable bonds is 9. The van der Waals surface area contributed by atoms with Gasteiger partial charge in [0.2, 0.25) is 16.0 Å². The number of sulfonamides is 1. The molecule has 3 rings (SSSR count). The first-order chi connectivity index (χ1) is 16.9. The molecule has 36 heavy (non-hydrogen) atoms. The van der Waals surface area contributed by atoms with Gasteiger partial charge in [0.1, 0.15) is 11.4 Å². The lowest BCUT2D eigenvalue weighted by molar-refractivity contribution is -0.137. The summed E-state index contributed by atoms with van der Waals surface area (Å²) in [6.45, 7) is 2.14. The number of nitrogens with one attached hydrogen (secondary N) is 3. The van der Waals surface area contributed by atoms with E-state index in [9.17, 15) is 26.4 Å². The van der Waals surface area contributed by atoms with Gasteiger partial charge in [-0.1, -0.05) is 18.2 Å².